The van der Waals surface area contributed by atoms with Gasteiger partial charge in [-0.2, -0.15) is 0 Å². The first-order valence-electron chi connectivity index (χ1n) is 30.6. The number of carbonyl (C=O) groups is 4. The van der Waals surface area contributed by atoms with Crippen LogP contribution in [0.4, 0.5) is 0 Å². The number of carboxylic acid groups (broad SMARTS) is 1. The van der Waals surface area contributed by atoms with Gasteiger partial charge in [0.05, 0.1) is 6.61 Å². The summed E-state index contributed by atoms with van der Waals surface area (Å²) in [5.41, 5.74) is 0. The number of ether oxygens (including phenoxy) is 5. The zero-order chi connectivity index (χ0) is 54.7. The zero-order valence-corrected chi connectivity index (χ0v) is 47.8. The largest absolute Gasteiger partial charge is 0.479 e. The fourth-order valence-corrected chi connectivity index (χ4v) is 9.20. The minimum atomic E-state index is -1.91. The van der Waals surface area contributed by atoms with Crippen LogP contribution >= 0.6 is 0 Å². The number of aliphatic hydroxyl groups is 2. The van der Waals surface area contributed by atoms with Gasteiger partial charge in [0.25, 0.3) is 0 Å². The van der Waals surface area contributed by atoms with E-state index >= 15 is 0 Å². The quantitative estimate of drug-likeness (QED) is 0.0228. The highest BCUT2D eigenvalue weighted by molar-refractivity contribution is 5.74. The van der Waals surface area contributed by atoms with Gasteiger partial charge in [0, 0.05) is 19.3 Å². The third-order valence-corrected chi connectivity index (χ3v) is 13.9. The van der Waals surface area contributed by atoms with Crippen molar-refractivity contribution in [1.82, 2.24) is 0 Å². The van der Waals surface area contributed by atoms with E-state index in [2.05, 4.69) is 69.4 Å². The molecule has 0 aromatic heterocycles. The van der Waals surface area contributed by atoms with Crippen molar-refractivity contribution < 1.29 is 58.2 Å². The predicted molar refractivity (Wildman–Crippen MR) is 303 cm³/mol. The second-order valence-electron chi connectivity index (χ2n) is 21.0. The molecule has 6 atom stereocenters. The number of hydrogen-bond donors (Lipinski definition) is 3. The van der Waals surface area contributed by atoms with Crippen molar-refractivity contribution in [2.24, 2.45) is 0 Å². The lowest BCUT2D eigenvalue weighted by atomic mass is 9.98. The van der Waals surface area contributed by atoms with Crippen LogP contribution in [-0.2, 0) is 42.9 Å². The molecule has 0 amide bonds. The number of aliphatic hydroxyl groups excluding tert-OH is 2. The standard InChI is InChI=1S/C63H110O12/c1-4-7-10-13-16-19-22-25-27-28-30-32-34-37-40-43-46-49-55(64)71-52-54(73-56(65)50-47-44-41-38-35-31-24-21-18-15-12-9-6-3)53-72-63-61(59(68)58(67)60(75-63)62(69)70)74-57(66)51-48-45-42-39-36-33-29-26-23-20-17-14-11-8-5-2/h9,12,18,21,26,29,31,35,54,58-61,63,67-68H,4-8,10-11,13-17,19-20,22-25,27-28,30,32-34,36-53H2,1-3H3,(H,69,70)/b12-9-,21-18-,29-26-,35-31-. The molecular formula is C63H110O12. The Labute approximate surface area is 456 Å². The molecule has 6 unspecified atom stereocenters. The molecule has 0 aromatic carbocycles. The fourth-order valence-electron chi connectivity index (χ4n) is 9.20. The number of carboxylic acids is 1. The van der Waals surface area contributed by atoms with E-state index in [9.17, 15) is 34.5 Å². The van der Waals surface area contributed by atoms with Gasteiger partial charge in [-0.15, -0.1) is 0 Å². The second-order valence-corrected chi connectivity index (χ2v) is 21.0. The molecule has 434 valence electrons. The number of esters is 3. The van der Waals surface area contributed by atoms with Gasteiger partial charge in [0.1, 0.15) is 18.8 Å². The molecule has 1 fully saturated rings. The van der Waals surface area contributed by atoms with Crippen molar-refractivity contribution in [3.8, 4) is 0 Å². The van der Waals surface area contributed by atoms with E-state index < -0.39 is 67.3 Å². The van der Waals surface area contributed by atoms with Crippen LogP contribution in [0, 0.1) is 0 Å². The third-order valence-electron chi connectivity index (χ3n) is 13.9. The number of allylic oxidation sites excluding steroid dienone is 8. The highest BCUT2D eigenvalue weighted by atomic mass is 16.7. The van der Waals surface area contributed by atoms with Gasteiger partial charge in [-0.05, 0) is 77.0 Å². The van der Waals surface area contributed by atoms with Gasteiger partial charge < -0.3 is 39.0 Å². The van der Waals surface area contributed by atoms with E-state index in [1.807, 2.05) is 0 Å². The summed E-state index contributed by atoms with van der Waals surface area (Å²) in [5.74, 6) is -3.15. The molecule has 0 aliphatic carbocycles. The van der Waals surface area contributed by atoms with Gasteiger partial charge in [-0.1, -0.05) is 230 Å². The Morgan fingerprint density at radius 2 is 0.840 bits per heavy atom. The molecule has 0 spiro atoms. The number of aliphatic carboxylic acids is 1. The molecule has 12 nitrogen and oxygen atoms in total. The van der Waals surface area contributed by atoms with E-state index in [0.717, 1.165) is 96.3 Å². The molecule has 0 radical (unpaired) electrons. The van der Waals surface area contributed by atoms with E-state index in [1.54, 1.807) is 0 Å². The van der Waals surface area contributed by atoms with Gasteiger partial charge in [-0.25, -0.2) is 4.79 Å². The van der Waals surface area contributed by atoms with Gasteiger partial charge in [0.2, 0.25) is 0 Å². The molecule has 3 N–H and O–H groups in total. The lowest BCUT2D eigenvalue weighted by molar-refractivity contribution is -0.301. The molecule has 1 heterocycles. The van der Waals surface area contributed by atoms with Crippen LogP contribution in [0.15, 0.2) is 48.6 Å². The molecule has 75 heavy (non-hydrogen) atoms. The van der Waals surface area contributed by atoms with Gasteiger partial charge >= 0.3 is 23.9 Å². The molecule has 0 saturated carbocycles. The maximum absolute atomic E-state index is 13.1. The van der Waals surface area contributed by atoms with Crippen molar-refractivity contribution in [2.45, 2.75) is 314 Å². The van der Waals surface area contributed by atoms with E-state index in [4.69, 9.17) is 23.7 Å². The minimum absolute atomic E-state index is 0.0486. The Hall–Kier alpha value is -3.32. The highest BCUT2D eigenvalue weighted by Gasteiger charge is 2.50. The molecule has 1 aliphatic heterocycles. The summed E-state index contributed by atoms with van der Waals surface area (Å²) in [4.78, 5) is 51.1. The molecule has 12 heteroatoms. The zero-order valence-electron chi connectivity index (χ0n) is 47.8. The summed E-state index contributed by atoms with van der Waals surface area (Å²) in [6.07, 6.45) is 49.4. The molecule has 1 aliphatic rings. The molecule has 1 saturated heterocycles. The molecular weight excluding hydrogens is 949 g/mol. The molecule has 0 bridgehead atoms. The second kappa shape index (κ2) is 51.4. The molecule has 1 rings (SSSR count). The molecule has 0 aromatic rings. The van der Waals surface area contributed by atoms with Crippen LogP contribution in [-0.4, -0.2) is 89.2 Å². The monoisotopic (exact) mass is 1060 g/mol. The Kier molecular flexibility index (Phi) is 47.8. The van der Waals surface area contributed by atoms with Crippen LogP contribution in [0.1, 0.15) is 278 Å². The predicted octanol–water partition coefficient (Wildman–Crippen LogP) is 15.8. The number of carbonyl (C=O) groups excluding carboxylic acids is 3. The van der Waals surface area contributed by atoms with Crippen LogP contribution in [0.25, 0.3) is 0 Å². The van der Waals surface area contributed by atoms with Crippen molar-refractivity contribution in [1.29, 1.82) is 0 Å². The Morgan fingerprint density at radius 1 is 0.453 bits per heavy atom. The first-order chi connectivity index (χ1) is 36.6. The number of rotatable bonds is 52. The normalized spacial score (nSPS) is 18.4. The van der Waals surface area contributed by atoms with Crippen LogP contribution < -0.4 is 0 Å². The summed E-state index contributed by atoms with van der Waals surface area (Å²) in [6.45, 7) is 5.87. The summed E-state index contributed by atoms with van der Waals surface area (Å²) in [6, 6.07) is 0. The van der Waals surface area contributed by atoms with Gasteiger partial charge in [0.15, 0.2) is 24.6 Å². The lowest BCUT2D eigenvalue weighted by Gasteiger charge is -2.40. The summed E-state index contributed by atoms with van der Waals surface area (Å²) >= 11 is 0. The van der Waals surface area contributed by atoms with Crippen LogP contribution in [0.5, 0.6) is 0 Å². The van der Waals surface area contributed by atoms with E-state index in [-0.39, 0.29) is 25.9 Å². The van der Waals surface area contributed by atoms with Crippen molar-refractivity contribution in [3.63, 3.8) is 0 Å². The summed E-state index contributed by atoms with van der Waals surface area (Å²) in [5, 5.41) is 31.5. The third kappa shape index (κ3) is 41.5. The van der Waals surface area contributed by atoms with Crippen molar-refractivity contribution in [2.75, 3.05) is 13.2 Å². The van der Waals surface area contributed by atoms with E-state index in [1.165, 1.54) is 122 Å². The maximum atomic E-state index is 13.1. The minimum Gasteiger partial charge on any atom is -0.479 e. The Balaban J connectivity index is 2.68. The van der Waals surface area contributed by atoms with Crippen LogP contribution in [0.3, 0.4) is 0 Å². The summed E-state index contributed by atoms with van der Waals surface area (Å²) < 4.78 is 28.4. The Morgan fingerprint density at radius 3 is 1.31 bits per heavy atom. The van der Waals surface area contributed by atoms with Crippen LogP contribution in [0.2, 0.25) is 0 Å². The van der Waals surface area contributed by atoms with Gasteiger partial charge in [-0.3, -0.25) is 14.4 Å². The number of hydrogen-bond acceptors (Lipinski definition) is 11. The maximum Gasteiger partial charge on any atom is 0.335 e. The summed E-state index contributed by atoms with van der Waals surface area (Å²) in [7, 11) is 0. The SMILES string of the molecule is CC/C=C\C/C=C\C/C=C\CCCCCC(=O)OC(COC(=O)CCCCCCCCCCCCCCCCCCC)COC1OC(C(=O)O)C(O)C(O)C1OC(=O)CCCCCCC/C=C\CCCCCCCC. The Bertz CT molecular complexity index is 1490. The average molecular weight is 1060 g/mol. The van der Waals surface area contributed by atoms with E-state index in [0.29, 0.717) is 19.3 Å². The first kappa shape index (κ1) is 69.7. The average Bonchev–Trinajstić information content (AvgIpc) is 3.39. The number of unbranched alkanes of at least 4 members (excludes halogenated alkanes) is 30. The first-order valence-corrected chi connectivity index (χ1v) is 30.6. The smallest absolute Gasteiger partial charge is 0.335 e. The van der Waals surface area contributed by atoms with Crippen molar-refractivity contribution >= 4 is 23.9 Å². The topological polar surface area (TPSA) is 175 Å². The fraction of sp³-hybridized carbons (Fsp3) is 0.810. The lowest BCUT2D eigenvalue weighted by Crippen LogP contribution is -2.61. The van der Waals surface area contributed by atoms with Crippen molar-refractivity contribution in [3.05, 3.63) is 48.6 Å². The highest BCUT2D eigenvalue weighted by Crippen LogP contribution is 2.26.